The number of aryl methyl sites for hydroxylation is 1. The monoisotopic (exact) mass is 388 g/mol. The van der Waals surface area contributed by atoms with E-state index in [1.165, 1.54) is 16.0 Å². The van der Waals surface area contributed by atoms with E-state index in [0.717, 1.165) is 38.4 Å². The molecule has 1 saturated heterocycles. The number of thiophene rings is 1. The quantitative estimate of drug-likeness (QED) is 0.764. The molecule has 0 bridgehead atoms. The summed E-state index contributed by atoms with van der Waals surface area (Å²) in [6.07, 6.45) is 0. The zero-order chi connectivity index (χ0) is 18.5. The summed E-state index contributed by atoms with van der Waals surface area (Å²) in [4.78, 5) is 6.36. The molecule has 2 aromatic rings. The maximum Gasteiger partial charge on any atom is 0.170 e. The summed E-state index contributed by atoms with van der Waals surface area (Å²) >= 11 is 7.39. The van der Waals surface area contributed by atoms with Crippen LogP contribution >= 0.6 is 23.6 Å². The second kappa shape index (κ2) is 8.95. The minimum atomic E-state index is 0.363. The molecule has 1 aromatic carbocycles. The van der Waals surface area contributed by atoms with E-state index in [2.05, 4.69) is 77.0 Å². The molecular formula is C20H28N4S2. The Morgan fingerprint density at radius 2 is 1.92 bits per heavy atom. The molecule has 26 heavy (non-hydrogen) atoms. The summed E-state index contributed by atoms with van der Waals surface area (Å²) in [5, 5.41) is 9.65. The van der Waals surface area contributed by atoms with Crippen LogP contribution in [0.15, 0.2) is 35.7 Å². The standard InChI is InChI=1S/C20H28N4S2/c1-15-6-4-7-17(16(15)2)22-20(25)21-14-18(19-8-5-13-26-19)24-11-9-23(3)10-12-24/h4-8,13,18H,9-12,14H2,1-3H3,(H2,21,22,25). The van der Waals surface area contributed by atoms with E-state index < -0.39 is 0 Å². The fourth-order valence-electron chi connectivity index (χ4n) is 3.27. The fourth-order valence-corrected chi connectivity index (χ4v) is 4.32. The topological polar surface area (TPSA) is 30.5 Å². The van der Waals surface area contributed by atoms with Gasteiger partial charge in [-0.25, -0.2) is 0 Å². The van der Waals surface area contributed by atoms with Crippen molar-refractivity contribution in [1.29, 1.82) is 0 Å². The molecule has 1 atom stereocenters. The van der Waals surface area contributed by atoms with Gasteiger partial charge >= 0.3 is 0 Å². The number of rotatable bonds is 5. The predicted octanol–water partition coefficient (Wildman–Crippen LogP) is 3.64. The number of anilines is 1. The van der Waals surface area contributed by atoms with Gasteiger partial charge in [0.25, 0.3) is 0 Å². The van der Waals surface area contributed by atoms with E-state index in [-0.39, 0.29) is 0 Å². The summed E-state index contributed by atoms with van der Waals surface area (Å²) in [6, 6.07) is 11.0. The molecule has 0 saturated carbocycles. The molecular weight excluding hydrogens is 360 g/mol. The van der Waals surface area contributed by atoms with Crippen molar-refractivity contribution in [2.75, 3.05) is 45.1 Å². The highest BCUT2D eigenvalue weighted by atomic mass is 32.1. The van der Waals surface area contributed by atoms with Gasteiger partial charge in [0.1, 0.15) is 0 Å². The predicted molar refractivity (Wildman–Crippen MR) is 116 cm³/mol. The van der Waals surface area contributed by atoms with Crippen molar-refractivity contribution in [3.05, 3.63) is 51.7 Å². The first-order chi connectivity index (χ1) is 12.5. The molecule has 1 unspecified atom stereocenters. The highest BCUT2D eigenvalue weighted by Gasteiger charge is 2.24. The average Bonchev–Trinajstić information content (AvgIpc) is 3.15. The number of benzene rings is 1. The van der Waals surface area contributed by atoms with Crippen LogP contribution in [0.25, 0.3) is 0 Å². The first kappa shape index (κ1) is 19.3. The lowest BCUT2D eigenvalue weighted by Gasteiger charge is -2.37. The summed E-state index contributed by atoms with van der Waals surface area (Å²) in [5.74, 6) is 0. The second-order valence-electron chi connectivity index (χ2n) is 6.95. The van der Waals surface area contributed by atoms with Crippen molar-refractivity contribution >= 4 is 34.4 Å². The molecule has 0 amide bonds. The molecule has 2 N–H and O–H groups in total. The van der Waals surface area contributed by atoms with Gasteiger partial charge in [0, 0.05) is 43.3 Å². The molecule has 6 heteroatoms. The summed E-state index contributed by atoms with van der Waals surface area (Å²) in [5.41, 5.74) is 3.59. The number of likely N-dealkylation sites (N-methyl/N-ethyl adjacent to an activating group) is 1. The highest BCUT2D eigenvalue weighted by Crippen LogP contribution is 2.25. The molecule has 0 aliphatic carbocycles. The van der Waals surface area contributed by atoms with E-state index in [1.54, 1.807) is 0 Å². The zero-order valence-corrected chi connectivity index (χ0v) is 17.4. The molecule has 3 rings (SSSR count). The molecule has 140 valence electrons. The van der Waals surface area contributed by atoms with Crippen molar-refractivity contribution in [2.24, 2.45) is 0 Å². The molecule has 1 aromatic heterocycles. The Kier molecular flexibility index (Phi) is 6.64. The van der Waals surface area contributed by atoms with Crippen LogP contribution in [0.2, 0.25) is 0 Å². The smallest absolute Gasteiger partial charge is 0.170 e. The van der Waals surface area contributed by atoms with Gasteiger partial charge in [-0.1, -0.05) is 18.2 Å². The van der Waals surface area contributed by atoms with Gasteiger partial charge in [-0.15, -0.1) is 11.3 Å². The number of thiocarbonyl (C=S) groups is 1. The van der Waals surface area contributed by atoms with Crippen molar-refractivity contribution in [3.63, 3.8) is 0 Å². The van der Waals surface area contributed by atoms with E-state index in [9.17, 15) is 0 Å². The minimum absolute atomic E-state index is 0.363. The molecule has 0 radical (unpaired) electrons. The third-order valence-corrected chi connectivity index (χ3v) is 6.38. The zero-order valence-electron chi connectivity index (χ0n) is 15.8. The van der Waals surface area contributed by atoms with Gasteiger partial charge in [0.15, 0.2) is 5.11 Å². The van der Waals surface area contributed by atoms with Crippen LogP contribution in [0.1, 0.15) is 22.0 Å². The molecule has 0 spiro atoms. The third-order valence-electron chi connectivity index (χ3n) is 5.16. The van der Waals surface area contributed by atoms with E-state index in [0.29, 0.717) is 11.2 Å². The Bertz CT molecular complexity index is 721. The normalized spacial score (nSPS) is 17.0. The molecule has 4 nitrogen and oxygen atoms in total. The van der Waals surface area contributed by atoms with Crippen LogP contribution in [0.4, 0.5) is 5.69 Å². The van der Waals surface area contributed by atoms with Gasteiger partial charge in [-0.3, -0.25) is 4.90 Å². The lowest BCUT2D eigenvalue weighted by molar-refractivity contribution is 0.114. The number of hydrogen-bond acceptors (Lipinski definition) is 4. The van der Waals surface area contributed by atoms with Crippen LogP contribution < -0.4 is 10.6 Å². The fraction of sp³-hybridized carbons (Fsp3) is 0.450. The van der Waals surface area contributed by atoms with Crippen LogP contribution in [-0.4, -0.2) is 54.7 Å². The maximum absolute atomic E-state index is 5.56. The van der Waals surface area contributed by atoms with Gasteiger partial charge in [-0.2, -0.15) is 0 Å². The van der Waals surface area contributed by atoms with E-state index >= 15 is 0 Å². The largest absolute Gasteiger partial charge is 0.360 e. The van der Waals surface area contributed by atoms with Crippen LogP contribution in [-0.2, 0) is 0 Å². The third kappa shape index (κ3) is 4.82. The van der Waals surface area contributed by atoms with Crippen molar-refractivity contribution < 1.29 is 0 Å². The first-order valence-corrected chi connectivity index (χ1v) is 10.4. The van der Waals surface area contributed by atoms with E-state index in [4.69, 9.17) is 12.2 Å². The van der Waals surface area contributed by atoms with Crippen molar-refractivity contribution in [2.45, 2.75) is 19.9 Å². The number of nitrogens with one attached hydrogen (secondary N) is 2. The Morgan fingerprint density at radius 3 is 2.62 bits per heavy atom. The molecule has 2 heterocycles. The Hall–Kier alpha value is -1.47. The van der Waals surface area contributed by atoms with Gasteiger partial charge < -0.3 is 15.5 Å². The molecule has 1 fully saturated rings. The lowest BCUT2D eigenvalue weighted by Crippen LogP contribution is -2.48. The Labute approximate surface area is 166 Å². The number of nitrogens with zero attached hydrogens (tertiary/aromatic N) is 2. The summed E-state index contributed by atoms with van der Waals surface area (Å²) in [6.45, 7) is 9.49. The number of piperazine rings is 1. The van der Waals surface area contributed by atoms with Crippen molar-refractivity contribution in [3.8, 4) is 0 Å². The van der Waals surface area contributed by atoms with Crippen molar-refractivity contribution in [1.82, 2.24) is 15.1 Å². The Balaban J connectivity index is 1.62. The highest BCUT2D eigenvalue weighted by molar-refractivity contribution is 7.80. The maximum atomic E-state index is 5.56. The SMILES string of the molecule is Cc1cccc(NC(=S)NCC(c2cccs2)N2CCN(C)CC2)c1C. The van der Waals surface area contributed by atoms with Gasteiger partial charge in [-0.05, 0) is 61.8 Å². The molecule has 1 aliphatic heterocycles. The van der Waals surface area contributed by atoms with Crippen LogP contribution in [0.5, 0.6) is 0 Å². The summed E-state index contributed by atoms with van der Waals surface area (Å²) < 4.78 is 0. The first-order valence-electron chi connectivity index (χ1n) is 9.11. The Morgan fingerprint density at radius 1 is 1.15 bits per heavy atom. The average molecular weight is 389 g/mol. The van der Waals surface area contributed by atoms with Gasteiger partial charge in [0.2, 0.25) is 0 Å². The molecule has 1 aliphatic rings. The second-order valence-corrected chi connectivity index (χ2v) is 8.34. The minimum Gasteiger partial charge on any atom is -0.360 e. The van der Waals surface area contributed by atoms with Crippen LogP contribution in [0.3, 0.4) is 0 Å². The number of hydrogen-bond donors (Lipinski definition) is 2. The summed E-state index contributed by atoms with van der Waals surface area (Å²) in [7, 11) is 2.19. The van der Waals surface area contributed by atoms with Crippen LogP contribution in [0, 0.1) is 13.8 Å². The van der Waals surface area contributed by atoms with E-state index in [1.807, 2.05) is 11.3 Å². The van der Waals surface area contributed by atoms with Gasteiger partial charge in [0.05, 0.1) is 6.04 Å². The lowest BCUT2D eigenvalue weighted by atomic mass is 10.1.